The van der Waals surface area contributed by atoms with Crippen molar-refractivity contribution in [3.8, 4) is 0 Å². The molecule has 2 N–H and O–H groups in total. The number of benzene rings is 1. The van der Waals surface area contributed by atoms with Gasteiger partial charge in [-0.2, -0.15) is 0 Å². The Morgan fingerprint density at radius 2 is 1.83 bits per heavy atom. The van der Waals surface area contributed by atoms with Crippen molar-refractivity contribution >= 4 is 40.9 Å². The molecule has 1 aliphatic rings. The van der Waals surface area contributed by atoms with Crippen molar-refractivity contribution < 1.29 is 14.4 Å². The van der Waals surface area contributed by atoms with E-state index in [1.54, 1.807) is 17.0 Å². The summed E-state index contributed by atoms with van der Waals surface area (Å²) in [5.74, 6) is -0.862. The van der Waals surface area contributed by atoms with Crippen LogP contribution in [-0.2, 0) is 20.9 Å². The molecule has 0 saturated heterocycles. The van der Waals surface area contributed by atoms with Crippen LogP contribution in [-0.4, -0.2) is 41.8 Å². The van der Waals surface area contributed by atoms with Crippen LogP contribution in [0.5, 0.6) is 0 Å². The lowest BCUT2D eigenvalue weighted by Crippen LogP contribution is -2.43. The molecule has 8 heteroatoms. The summed E-state index contributed by atoms with van der Waals surface area (Å²) in [7, 11) is 0. The molecule has 24 heavy (non-hydrogen) atoms. The van der Waals surface area contributed by atoms with Crippen LogP contribution in [0.15, 0.2) is 18.2 Å². The monoisotopic (exact) mass is 371 g/mol. The maximum Gasteiger partial charge on any atom is 0.242 e. The zero-order chi connectivity index (χ0) is 17.7. The van der Waals surface area contributed by atoms with E-state index in [9.17, 15) is 14.4 Å². The summed E-state index contributed by atoms with van der Waals surface area (Å²) in [6.45, 7) is 1.50. The van der Waals surface area contributed by atoms with E-state index < -0.39 is 5.91 Å². The Labute approximate surface area is 150 Å². The van der Waals surface area contributed by atoms with E-state index in [1.807, 2.05) is 6.07 Å². The lowest BCUT2D eigenvalue weighted by Gasteiger charge is -2.23. The second-order valence-electron chi connectivity index (χ2n) is 5.69. The predicted molar refractivity (Wildman–Crippen MR) is 91.7 cm³/mol. The Morgan fingerprint density at radius 3 is 2.42 bits per heavy atom. The van der Waals surface area contributed by atoms with Gasteiger partial charge in [0.15, 0.2) is 0 Å². The molecule has 1 saturated carbocycles. The highest BCUT2D eigenvalue weighted by molar-refractivity contribution is 6.42. The van der Waals surface area contributed by atoms with Crippen LogP contribution >= 0.6 is 23.2 Å². The van der Waals surface area contributed by atoms with Crippen LogP contribution in [0.3, 0.4) is 0 Å². The van der Waals surface area contributed by atoms with Crippen molar-refractivity contribution in [2.45, 2.75) is 32.4 Å². The van der Waals surface area contributed by atoms with Crippen LogP contribution in [0.2, 0.25) is 10.0 Å². The van der Waals surface area contributed by atoms with E-state index in [0.717, 1.165) is 18.4 Å². The number of rotatable bonds is 7. The number of halogens is 2. The smallest absolute Gasteiger partial charge is 0.242 e. The van der Waals surface area contributed by atoms with E-state index in [4.69, 9.17) is 23.2 Å². The summed E-state index contributed by atoms with van der Waals surface area (Å²) in [5.41, 5.74) is 0.884. The van der Waals surface area contributed by atoms with Gasteiger partial charge in [0.2, 0.25) is 17.7 Å². The molecule has 130 valence electrons. The van der Waals surface area contributed by atoms with Gasteiger partial charge in [0, 0.05) is 19.5 Å². The van der Waals surface area contributed by atoms with Gasteiger partial charge in [-0.25, -0.2) is 0 Å². The molecule has 1 aliphatic carbocycles. The molecule has 1 fully saturated rings. The van der Waals surface area contributed by atoms with Crippen molar-refractivity contribution in [2.75, 3.05) is 13.1 Å². The minimum atomic E-state index is -0.399. The van der Waals surface area contributed by atoms with Crippen molar-refractivity contribution in [3.63, 3.8) is 0 Å². The minimum absolute atomic E-state index is 0.101. The van der Waals surface area contributed by atoms with Gasteiger partial charge >= 0.3 is 0 Å². The average molecular weight is 372 g/mol. The van der Waals surface area contributed by atoms with Crippen LogP contribution in [0.4, 0.5) is 0 Å². The Balaban J connectivity index is 1.90. The zero-order valence-corrected chi connectivity index (χ0v) is 14.8. The van der Waals surface area contributed by atoms with E-state index in [-0.39, 0.29) is 30.9 Å². The van der Waals surface area contributed by atoms with E-state index in [2.05, 4.69) is 10.6 Å². The van der Waals surface area contributed by atoms with E-state index >= 15 is 0 Å². The molecule has 0 atom stereocenters. The zero-order valence-electron chi connectivity index (χ0n) is 13.3. The van der Waals surface area contributed by atoms with Gasteiger partial charge in [-0.3, -0.25) is 14.4 Å². The summed E-state index contributed by atoms with van der Waals surface area (Å²) in [6, 6.07) is 5.46. The highest BCUT2D eigenvalue weighted by atomic mass is 35.5. The highest BCUT2D eigenvalue weighted by Gasteiger charge is 2.32. The number of carbonyl (C=O) groups excluding carboxylic acids is 3. The maximum atomic E-state index is 12.4. The predicted octanol–water partition coefficient (Wildman–Crippen LogP) is 1.74. The number of nitrogens with one attached hydrogen (secondary N) is 2. The molecular weight excluding hydrogens is 353 g/mol. The standard InChI is InChI=1S/C16H19Cl2N3O3/c1-10(22)19-7-15(23)20-8-16(24)21(12-3-4-12)9-11-2-5-13(17)14(18)6-11/h2,5-6,12H,3-4,7-9H2,1H3,(H,19,22)(H,20,23). The first-order chi connectivity index (χ1) is 11.4. The SMILES string of the molecule is CC(=O)NCC(=O)NCC(=O)N(Cc1ccc(Cl)c(Cl)c1)C1CC1. The summed E-state index contributed by atoms with van der Waals surface area (Å²) < 4.78 is 0. The fraction of sp³-hybridized carbons (Fsp3) is 0.438. The number of carbonyl (C=O) groups is 3. The van der Waals surface area contributed by atoms with Gasteiger partial charge in [0.1, 0.15) is 0 Å². The largest absolute Gasteiger partial charge is 0.347 e. The third-order valence-corrected chi connectivity index (χ3v) is 4.32. The topological polar surface area (TPSA) is 78.5 Å². The maximum absolute atomic E-state index is 12.4. The number of nitrogens with zero attached hydrogens (tertiary/aromatic N) is 1. The molecule has 0 bridgehead atoms. The third kappa shape index (κ3) is 5.69. The Bertz CT molecular complexity index is 647. The summed E-state index contributed by atoms with van der Waals surface area (Å²) in [6.07, 6.45) is 1.90. The van der Waals surface area contributed by atoms with Crippen LogP contribution in [0.1, 0.15) is 25.3 Å². The first-order valence-corrected chi connectivity index (χ1v) is 8.37. The fourth-order valence-corrected chi connectivity index (χ4v) is 2.51. The number of hydrogen-bond donors (Lipinski definition) is 2. The van der Waals surface area contributed by atoms with Crippen molar-refractivity contribution in [1.29, 1.82) is 0 Å². The molecule has 1 aromatic rings. The van der Waals surface area contributed by atoms with Crippen molar-refractivity contribution in [3.05, 3.63) is 33.8 Å². The molecule has 0 radical (unpaired) electrons. The molecule has 6 nitrogen and oxygen atoms in total. The van der Waals surface area contributed by atoms with Gasteiger partial charge in [-0.1, -0.05) is 29.3 Å². The van der Waals surface area contributed by atoms with Gasteiger partial charge in [0.05, 0.1) is 23.1 Å². The molecule has 0 aromatic heterocycles. The third-order valence-electron chi connectivity index (χ3n) is 3.58. The van der Waals surface area contributed by atoms with E-state index in [0.29, 0.717) is 16.6 Å². The molecule has 0 spiro atoms. The average Bonchev–Trinajstić information content (AvgIpc) is 3.36. The van der Waals surface area contributed by atoms with Gasteiger partial charge in [0.25, 0.3) is 0 Å². The minimum Gasteiger partial charge on any atom is -0.347 e. The molecule has 0 heterocycles. The lowest BCUT2D eigenvalue weighted by atomic mass is 10.2. The quantitative estimate of drug-likeness (QED) is 0.765. The normalized spacial score (nSPS) is 13.3. The first kappa shape index (κ1) is 18.5. The molecule has 1 aromatic carbocycles. The molecular formula is C16H19Cl2N3O3. The second kappa shape index (κ2) is 8.35. The van der Waals surface area contributed by atoms with Crippen molar-refractivity contribution in [1.82, 2.24) is 15.5 Å². The van der Waals surface area contributed by atoms with Crippen LogP contribution < -0.4 is 10.6 Å². The summed E-state index contributed by atoms with van der Waals surface area (Å²) in [4.78, 5) is 36.5. The molecule has 2 rings (SSSR count). The molecule has 0 aliphatic heterocycles. The van der Waals surface area contributed by atoms with Crippen LogP contribution in [0.25, 0.3) is 0 Å². The fourth-order valence-electron chi connectivity index (χ4n) is 2.18. The molecule has 0 unspecified atom stereocenters. The highest BCUT2D eigenvalue weighted by Crippen LogP contribution is 2.30. The Hall–Kier alpha value is -1.79. The van der Waals surface area contributed by atoms with Crippen LogP contribution in [0, 0.1) is 0 Å². The van der Waals surface area contributed by atoms with Gasteiger partial charge in [-0.05, 0) is 30.5 Å². The van der Waals surface area contributed by atoms with Gasteiger partial charge < -0.3 is 15.5 Å². The summed E-state index contributed by atoms with van der Waals surface area (Å²) in [5, 5.41) is 5.81. The number of amides is 3. The lowest BCUT2D eigenvalue weighted by molar-refractivity contribution is -0.133. The van der Waals surface area contributed by atoms with Gasteiger partial charge in [-0.15, -0.1) is 0 Å². The Morgan fingerprint density at radius 1 is 1.12 bits per heavy atom. The van der Waals surface area contributed by atoms with Crippen molar-refractivity contribution in [2.24, 2.45) is 0 Å². The first-order valence-electron chi connectivity index (χ1n) is 7.61. The second-order valence-corrected chi connectivity index (χ2v) is 6.50. The molecule has 3 amide bonds. The number of hydrogen-bond acceptors (Lipinski definition) is 3. The summed E-state index contributed by atoms with van der Waals surface area (Å²) >= 11 is 11.9. The Kier molecular flexibility index (Phi) is 6.45. The van der Waals surface area contributed by atoms with E-state index in [1.165, 1.54) is 6.92 Å².